The maximum atomic E-state index is 12.6. The van der Waals surface area contributed by atoms with Crippen molar-refractivity contribution in [2.75, 3.05) is 11.9 Å². The van der Waals surface area contributed by atoms with E-state index < -0.39 is 36.1 Å². The second kappa shape index (κ2) is 6.61. The number of piperazine rings is 1. The highest BCUT2D eigenvalue weighted by Crippen LogP contribution is 2.36. The zero-order valence-corrected chi connectivity index (χ0v) is 13.8. The Morgan fingerprint density at radius 2 is 1.96 bits per heavy atom. The van der Waals surface area contributed by atoms with E-state index in [1.165, 1.54) is 4.90 Å². The third-order valence-corrected chi connectivity index (χ3v) is 4.65. The molecule has 2 fully saturated rings. The minimum absolute atomic E-state index is 0.0589. The molecule has 1 aliphatic heterocycles. The number of rotatable bonds is 2. The Morgan fingerprint density at radius 1 is 1.27 bits per heavy atom. The van der Waals surface area contributed by atoms with E-state index in [9.17, 15) is 27.6 Å². The molecule has 2 aliphatic rings. The summed E-state index contributed by atoms with van der Waals surface area (Å²) in [7, 11) is 0. The second-order valence-corrected chi connectivity index (χ2v) is 6.53. The zero-order chi connectivity index (χ0) is 18.9. The van der Waals surface area contributed by atoms with Crippen molar-refractivity contribution in [3.05, 3.63) is 12.4 Å². The van der Waals surface area contributed by atoms with Gasteiger partial charge in [-0.3, -0.25) is 19.6 Å². The number of anilines is 1. The van der Waals surface area contributed by atoms with Crippen molar-refractivity contribution < 1.29 is 27.6 Å². The van der Waals surface area contributed by atoms with Crippen LogP contribution in [0.25, 0.3) is 0 Å². The number of hydrogen-bond acceptors (Lipinski definition) is 4. The van der Waals surface area contributed by atoms with Crippen molar-refractivity contribution in [2.45, 2.75) is 50.4 Å². The first-order valence-corrected chi connectivity index (χ1v) is 8.22. The summed E-state index contributed by atoms with van der Waals surface area (Å²) in [5, 5.41) is 8.26. The van der Waals surface area contributed by atoms with Crippen molar-refractivity contribution in [1.29, 1.82) is 0 Å². The standard InChI is InChI=1S/C15H18F3N5O3/c16-15(17,18)9-22-7-10(6-19-22)20-13(26)23-8-11(24)21-12(25)14(23)4-2-1-3-5-14/h6-7H,1-5,8-9H2,(H,20,26)(H,21,24,25). The van der Waals surface area contributed by atoms with Gasteiger partial charge in [-0.2, -0.15) is 18.3 Å². The normalized spacial score (nSPS) is 20.2. The lowest BCUT2D eigenvalue weighted by molar-refractivity contribution is -0.146. The molecule has 26 heavy (non-hydrogen) atoms. The summed E-state index contributed by atoms with van der Waals surface area (Å²) in [4.78, 5) is 38.0. The first kappa shape index (κ1) is 18.2. The number of carbonyl (C=O) groups excluding carboxylic acids is 3. The maximum Gasteiger partial charge on any atom is 0.408 e. The van der Waals surface area contributed by atoms with E-state index >= 15 is 0 Å². The quantitative estimate of drug-likeness (QED) is 0.771. The molecule has 0 atom stereocenters. The molecule has 2 heterocycles. The van der Waals surface area contributed by atoms with Crippen LogP contribution in [0.2, 0.25) is 0 Å². The van der Waals surface area contributed by atoms with E-state index in [0.29, 0.717) is 17.5 Å². The predicted molar refractivity (Wildman–Crippen MR) is 83.0 cm³/mol. The Balaban J connectivity index is 1.76. The summed E-state index contributed by atoms with van der Waals surface area (Å²) in [6, 6.07) is -0.707. The SMILES string of the molecule is O=C1CN(C(=O)Nc2cnn(CC(F)(F)F)c2)C2(CCCCC2)C(=O)N1. The van der Waals surface area contributed by atoms with Crippen molar-refractivity contribution in [3.8, 4) is 0 Å². The molecule has 142 valence electrons. The van der Waals surface area contributed by atoms with Crippen LogP contribution < -0.4 is 10.6 Å². The number of hydrogen-bond donors (Lipinski definition) is 2. The van der Waals surface area contributed by atoms with Crippen LogP contribution in [0.5, 0.6) is 0 Å². The molecule has 1 spiro atoms. The molecule has 1 aromatic heterocycles. The number of aromatic nitrogens is 2. The lowest BCUT2D eigenvalue weighted by Gasteiger charge is -2.46. The number of alkyl halides is 3. The summed E-state index contributed by atoms with van der Waals surface area (Å²) in [6.45, 7) is -1.56. The molecule has 4 amide bonds. The summed E-state index contributed by atoms with van der Waals surface area (Å²) in [5.41, 5.74) is -1.04. The summed E-state index contributed by atoms with van der Waals surface area (Å²) < 4.78 is 37.8. The van der Waals surface area contributed by atoms with Crippen LogP contribution in [0.4, 0.5) is 23.7 Å². The van der Waals surface area contributed by atoms with E-state index in [2.05, 4.69) is 15.7 Å². The molecule has 2 N–H and O–H groups in total. The van der Waals surface area contributed by atoms with Crippen LogP contribution in [0, 0.1) is 0 Å². The van der Waals surface area contributed by atoms with Crippen LogP contribution >= 0.6 is 0 Å². The van der Waals surface area contributed by atoms with E-state index in [-0.39, 0.29) is 12.2 Å². The molecule has 1 aliphatic carbocycles. The Hall–Kier alpha value is -2.59. The Kier molecular flexibility index (Phi) is 4.63. The van der Waals surface area contributed by atoms with Gasteiger partial charge in [-0.25, -0.2) is 4.79 Å². The molecule has 0 radical (unpaired) electrons. The van der Waals surface area contributed by atoms with E-state index in [4.69, 9.17) is 0 Å². The predicted octanol–water partition coefficient (Wildman–Crippen LogP) is 1.64. The lowest BCUT2D eigenvalue weighted by Crippen LogP contribution is -2.69. The highest BCUT2D eigenvalue weighted by Gasteiger charge is 2.51. The number of nitrogens with one attached hydrogen (secondary N) is 2. The van der Waals surface area contributed by atoms with Crippen molar-refractivity contribution >= 4 is 23.5 Å². The van der Waals surface area contributed by atoms with Crippen LogP contribution in [-0.4, -0.2) is 50.8 Å². The first-order chi connectivity index (χ1) is 12.2. The van der Waals surface area contributed by atoms with Crippen molar-refractivity contribution in [1.82, 2.24) is 20.0 Å². The average molecular weight is 373 g/mol. The first-order valence-electron chi connectivity index (χ1n) is 8.22. The van der Waals surface area contributed by atoms with Crippen LogP contribution in [-0.2, 0) is 16.1 Å². The van der Waals surface area contributed by atoms with Gasteiger partial charge in [0.2, 0.25) is 5.91 Å². The lowest BCUT2D eigenvalue weighted by atomic mass is 9.78. The average Bonchev–Trinajstić information content (AvgIpc) is 2.97. The molecule has 3 rings (SSSR count). The number of amides is 4. The molecular formula is C15H18F3N5O3. The van der Waals surface area contributed by atoms with E-state index in [1.54, 1.807) is 0 Å². The highest BCUT2D eigenvalue weighted by molar-refractivity contribution is 6.08. The van der Waals surface area contributed by atoms with Crippen LogP contribution in [0.15, 0.2) is 12.4 Å². The number of imide groups is 1. The smallest absolute Gasteiger partial charge is 0.305 e. The van der Waals surface area contributed by atoms with Crippen LogP contribution in [0.3, 0.4) is 0 Å². The van der Waals surface area contributed by atoms with Gasteiger partial charge in [0, 0.05) is 6.20 Å². The number of nitrogens with zero attached hydrogens (tertiary/aromatic N) is 3. The second-order valence-electron chi connectivity index (χ2n) is 6.53. The zero-order valence-electron chi connectivity index (χ0n) is 13.8. The van der Waals surface area contributed by atoms with Gasteiger partial charge < -0.3 is 10.2 Å². The van der Waals surface area contributed by atoms with Gasteiger partial charge in [0.25, 0.3) is 5.91 Å². The van der Waals surface area contributed by atoms with Crippen LogP contribution in [0.1, 0.15) is 32.1 Å². The molecule has 0 bridgehead atoms. The van der Waals surface area contributed by atoms with Gasteiger partial charge in [0.15, 0.2) is 0 Å². The minimum atomic E-state index is -4.43. The fraction of sp³-hybridized carbons (Fsp3) is 0.600. The molecule has 0 aromatic carbocycles. The summed E-state index contributed by atoms with van der Waals surface area (Å²) in [6.07, 6.45) is 0.997. The minimum Gasteiger partial charge on any atom is -0.305 e. The number of urea groups is 1. The Morgan fingerprint density at radius 3 is 2.62 bits per heavy atom. The van der Waals surface area contributed by atoms with Gasteiger partial charge in [-0.1, -0.05) is 19.3 Å². The number of halogens is 3. The van der Waals surface area contributed by atoms with Gasteiger partial charge in [-0.05, 0) is 12.8 Å². The fourth-order valence-corrected chi connectivity index (χ4v) is 3.49. The van der Waals surface area contributed by atoms with E-state index in [1.807, 2.05) is 0 Å². The molecule has 8 nitrogen and oxygen atoms in total. The van der Waals surface area contributed by atoms with Crippen molar-refractivity contribution in [2.24, 2.45) is 0 Å². The third-order valence-electron chi connectivity index (χ3n) is 4.65. The van der Waals surface area contributed by atoms with Gasteiger partial charge in [0.05, 0.1) is 11.9 Å². The largest absolute Gasteiger partial charge is 0.408 e. The van der Waals surface area contributed by atoms with Gasteiger partial charge >= 0.3 is 12.2 Å². The molecule has 11 heteroatoms. The molecular weight excluding hydrogens is 355 g/mol. The molecule has 1 aromatic rings. The number of carbonyl (C=O) groups is 3. The monoisotopic (exact) mass is 373 g/mol. The van der Waals surface area contributed by atoms with Gasteiger partial charge in [0.1, 0.15) is 18.6 Å². The Bertz CT molecular complexity index is 724. The van der Waals surface area contributed by atoms with Gasteiger partial charge in [-0.15, -0.1) is 0 Å². The third kappa shape index (κ3) is 3.65. The molecule has 0 unspecified atom stereocenters. The Labute approximate surface area is 146 Å². The summed E-state index contributed by atoms with van der Waals surface area (Å²) in [5.74, 6) is -1.09. The highest BCUT2D eigenvalue weighted by atomic mass is 19.4. The van der Waals surface area contributed by atoms with Crippen molar-refractivity contribution in [3.63, 3.8) is 0 Å². The molecule has 1 saturated heterocycles. The topological polar surface area (TPSA) is 96.3 Å². The summed E-state index contributed by atoms with van der Waals surface area (Å²) >= 11 is 0. The fourth-order valence-electron chi connectivity index (χ4n) is 3.49. The van der Waals surface area contributed by atoms with E-state index in [0.717, 1.165) is 31.7 Å². The molecule has 1 saturated carbocycles. The maximum absolute atomic E-state index is 12.6.